The van der Waals surface area contributed by atoms with E-state index in [0.717, 1.165) is 11.1 Å². The second-order valence-corrected chi connectivity index (χ2v) is 9.01. The predicted octanol–water partition coefficient (Wildman–Crippen LogP) is 4.62. The smallest absolute Gasteiger partial charge is 0.321 e. The van der Waals surface area contributed by atoms with Crippen molar-refractivity contribution in [3.05, 3.63) is 71.8 Å². The monoisotopic (exact) mass is 386 g/mol. The zero-order valence-corrected chi connectivity index (χ0v) is 16.8. The molecule has 0 N–H and O–H groups in total. The van der Waals surface area contributed by atoms with Gasteiger partial charge < -0.3 is 9.47 Å². The molecule has 0 bridgehead atoms. The van der Waals surface area contributed by atoms with Crippen molar-refractivity contribution in [2.45, 2.75) is 38.7 Å². The molecule has 5 heteroatoms. The van der Waals surface area contributed by atoms with E-state index in [1.54, 1.807) is 11.8 Å². The Labute approximate surface area is 165 Å². The zero-order valence-electron chi connectivity index (χ0n) is 16.0. The second-order valence-electron chi connectivity index (χ2n) is 7.16. The van der Waals surface area contributed by atoms with Crippen LogP contribution in [0.25, 0.3) is 0 Å². The van der Waals surface area contributed by atoms with Crippen molar-refractivity contribution in [2.75, 3.05) is 5.75 Å². The minimum absolute atomic E-state index is 0.0718. The summed E-state index contributed by atoms with van der Waals surface area (Å²) >= 11 is 1.54. The first-order valence-electron chi connectivity index (χ1n) is 8.90. The van der Waals surface area contributed by atoms with Gasteiger partial charge in [-0.1, -0.05) is 81.4 Å². The summed E-state index contributed by atoms with van der Waals surface area (Å²) in [4.78, 5) is 25.1. The van der Waals surface area contributed by atoms with Crippen LogP contribution in [0.2, 0.25) is 0 Å². The van der Waals surface area contributed by atoms with Crippen LogP contribution >= 0.6 is 11.8 Å². The summed E-state index contributed by atoms with van der Waals surface area (Å²) in [6.45, 7) is 6.41. The number of carbonyl (C=O) groups excluding carboxylic acids is 2. The number of hydrogen-bond acceptors (Lipinski definition) is 5. The maximum absolute atomic E-state index is 12.5. The van der Waals surface area contributed by atoms with Gasteiger partial charge in [-0.3, -0.25) is 9.59 Å². The molecular formula is C22H26O4S. The molecule has 0 saturated carbocycles. The first kappa shape index (κ1) is 21.0. The van der Waals surface area contributed by atoms with Gasteiger partial charge in [0.1, 0.15) is 13.2 Å². The van der Waals surface area contributed by atoms with Gasteiger partial charge in [-0.05, 0) is 11.1 Å². The topological polar surface area (TPSA) is 52.6 Å². The Kier molecular flexibility index (Phi) is 7.92. The average Bonchev–Trinajstić information content (AvgIpc) is 2.65. The summed E-state index contributed by atoms with van der Waals surface area (Å²) in [5.74, 6) is -1.71. The molecule has 0 amide bonds. The number of hydrogen-bond donors (Lipinski definition) is 0. The predicted molar refractivity (Wildman–Crippen MR) is 108 cm³/mol. The molecule has 4 nitrogen and oxygen atoms in total. The van der Waals surface area contributed by atoms with Gasteiger partial charge in [-0.15, -0.1) is 0 Å². The molecule has 0 saturated heterocycles. The zero-order chi connectivity index (χ0) is 19.7. The molecule has 0 aliphatic carbocycles. The lowest BCUT2D eigenvalue weighted by Gasteiger charge is -2.21. The standard InChI is InChI=1S/C22H26O4S/c1-22(2,3)27-16-19(20(23)25-14-17-10-6-4-7-11-17)21(24)26-15-18-12-8-5-9-13-18/h4-13,19H,14-16H2,1-3H3. The van der Waals surface area contributed by atoms with Gasteiger partial charge in [0.25, 0.3) is 0 Å². The lowest BCUT2D eigenvalue weighted by molar-refractivity contribution is -0.162. The maximum atomic E-state index is 12.5. The highest BCUT2D eigenvalue weighted by Crippen LogP contribution is 2.26. The highest BCUT2D eigenvalue weighted by molar-refractivity contribution is 8.00. The minimum atomic E-state index is -0.943. The summed E-state index contributed by atoms with van der Waals surface area (Å²) in [6, 6.07) is 18.8. The molecule has 0 aliphatic rings. The van der Waals surface area contributed by atoms with Crippen LogP contribution in [-0.2, 0) is 32.3 Å². The van der Waals surface area contributed by atoms with Gasteiger partial charge in [0.2, 0.25) is 0 Å². The Morgan fingerprint density at radius 3 is 1.59 bits per heavy atom. The number of thioether (sulfide) groups is 1. The molecule has 0 heterocycles. The van der Waals surface area contributed by atoms with Crippen LogP contribution in [0.3, 0.4) is 0 Å². The maximum Gasteiger partial charge on any atom is 0.321 e. The average molecular weight is 387 g/mol. The fourth-order valence-corrected chi connectivity index (χ4v) is 3.16. The first-order chi connectivity index (χ1) is 12.8. The van der Waals surface area contributed by atoms with Crippen LogP contribution in [0.4, 0.5) is 0 Å². The summed E-state index contributed by atoms with van der Waals surface area (Å²) in [6.07, 6.45) is 0. The van der Waals surface area contributed by atoms with E-state index >= 15 is 0 Å². The summed E-state index contributed by atoms with van der Waals surface area (Å²) < 4.78 is 10.7. The Bertz CT molecular complexity index is 667. The first-order valence-corrected chi connectivity index (χ1v) is 9.89. The molecule has 0 aliphatic heterocycles. The normalized spacial score (nSPS) is 11.3. The molecule has 0 fully saturated rings. The summed E-state index contributed by atoms with van der Waals surface area (Å²) in [7, 11) is 0. The van der Waals surface area contributed by atoms with Gasteiger partial charge in [0, 0.05) is 10.5 Å². The van der Waals surface area contributed by atoms with E-state index in [2.05, 4.69) is 0 Å². The molecule has 0 atom stereocenters. The van der Waals surface area contributed by atoms with Crippen LogP contribution in [0.1, 0.15) is 31.9 Å². The molecule has 2 rings (SSSR count). The van der Waals surface area contributed by atoms with Gasteiger partial charge in [-0.2, -0.15) is 11.8 Å². The molecule has 2 aromatic rings. The van der Waals surface area contributed by atoms with Crippen molar-refractivity contribution in [1.29, 1.82) is 0 Å². The fraction of sp³-hybridized carbons (Fsp3) is 0.364. The molecular weight excluding hydrogens is 360 g/mol. The van der Waals surface area contributed by atoms with E-state index in [1.165, 1.54) is 0 Å². The highest BCUT2D eigenvalue weighted by atomic mass is 32.2. The molecule has 27 heavy (non-hydrogen) atoms. The van der Waals surface area contributed by atoms with Gasteiger partial charge in [0.15, 0.2) is 5.92 Å². The second kappa shape index (κ2) is 10.2. The highest BCUT2D eigenvalue weighted by Gasteiger charge is 2.31. The number of ether oxygens (including phenoxy) is 2. The number of carbonyl (C=O) groups is 2. The molecule has 0 spiro atoms. The Hall–Kier alpha value is -2.27. The van der Waals surface area contributed by atoms with Gasteiger partial charge in [-0.25, -0.2) is 0 Å². The van der Waals surface area contributed by atoms with Crippen molar-refractivity contribution in [1.82, 2.24) is 0 Å². The van der Waals surface area contributed by atoms with E-state index in [-0.39, 0.29) is 18.0 Å². The number of esters is 2. The molecule has 0 unspecified atom stereocenters. The summed E-state index contributed by atoms with van der Waals surface area (Å²) in [5.41, 5.74) is 1.76. The Balaban J connectivity index is 1.97. The van der Waals surface area contributed by atoms with E-state index in [9.17, 15) is 9.59 Å². The van der Waals surface area contributed by atoms with Gasteiger partial charge in [0.05, 0.1) is 0 Å². The van der Waals surface area contributed by atoms with Crippen molar-refractivity contribution in [3.8, 4) is 0 Å². The van der Waals surface area contributed by atoms with Crippen LogP contribution < -0.4 is 0 Å². The van der Waals surface area contributed by atoms with E-state index < -0.39 is 17.9 Å². The Morgan fingerprint density at radius 2 is 1.22 bits per heavy atom. The van der Waals surface area contributed by atoms with Crippen LogP contribution in [0, 0.1) is 5.92 Å². The van der Waals surface area contributed by atoms with Crippen molar-refractivity contribution >= 4 is 23.7 Å². The fourth-order valence-electron chi connectivity index (χ4n) is 2.22. The molecule has 2 aromatic carbocycles. The molecule has 0 radical (unpaired) electrons. The van der Waals surface area contributed by atoms with Crippen molar-refractivity contribution < 1.29 is 19.1 Å². The summed E-state index contributed by atoms with van der Waals surface area (Å²) in [5, 5.41) is 0. The van der Waals surface area contributed by atoms with Crippen molar-refractivity contribution in [3.63, 3.8) is 0 Å². The quantitative estimate of drug-likeness (QED) is 0.489. The lowest BCUT2D eigenvalue weighted by atomic mass is 10.2. The molecule has 0 aromatic heterocycles. The third-order valence-electron chi connectivity index (χ3n) is 3.70. The Morgan fingerprint density at radius 1 is 0.815 bits per heavy atom. The van der Waals surface area contributed by atoms with Crippen LogP contribution in [0.5, 0.6) is 0 Å². The van der Waals surface area contributed by atoms with Crippen molar-refractivity contribution in [2.24, 2.45) is 5.92 Å². The largest absolute Gasteiger partial charge is 0.460 e. The SMILES string of the molecule is CC(C)(C)SCC(C(=O)OCc1ccccc1)C(=O)OCc1ccccc1. The number of benzene rings is 2. The van der Waals surface area contributed by atoms with Gasteiger partial charge >= 0.3 is 11.9 Å². The molecule has 144 valence electrons. The third kappa shape index (κ3) is 7.87. The lowest BCUT2D eigenvalue weighted by Crippen LogP contribution is -2.31. The van der Waals surface area contributed by atoms with Crippen LogP contribution in [-0.4, -0.2) is 22.4 Å². The van der Waals surface area contributed by atoms with Crippen LogP contribution in [0.15, 0.2) is 60.7 Å². The minimum Gasteiger partial charge on any atom is -0.460 e. The van der Waals surface area contributed by atoms with E-state index in [4.69, 9.17) is 9.47 Å². The third-order valence-corrected chi connectivity index (χ3v) is 5.07. The van der Waals surface area contributed by atoms with E-state index in [1.807, 2.05) is 81.4 Å². The van der Waals surface area contributed by atoms with E-state index in [0.29, 0.717) is 5.75 Å². The number of rotatable bonds is 8.